The lowest BCUT2D eigenvalue weighted by Crippen LogP contribution is -2.06. The van der Waals surface area contributed by atoms with Crippen LogP contribution >= 0.6 is 15.9 Å². The van der Waals surface area contributed by atoms with Gasteiger partial charge >= 0.3 is 0 Å². The van der Waals surface area contributed by atoms with Gasteiger partial charge in [-0.05, 0) is 29.8 Å². The Labute approximate surface area is 109 Å². The average molecular weight is 293 g/mol. The Bertz CT molecular complexity index is 502. The molecule has 0 aliphatic heterocycles. The van der Waals surface area contributed by atoms with E-state index < -0.39 is 0 Å². The number of aromatic nitrogens is 1. The smallest absolute Gasteiger partial charge is 0.131 e. The van der Waals surface area contributed by atoms with E-state index in [0.717, 1.165) is 21.5 Å². The lowest BCUT2D eigenvalue weighted by molar-refractivity contribution is 0.300. The minimum absolute atomic E-state index is 0.434. The van der Waals surface area contributed by atoms with Crippen LogP contribution in [0.4, 0.5) is 0 Å². The van der Waals surface area contributed by atoms with Crippen LogP contribution in [0.25, 0.3) is 0 Å². The summed E-state index contributed by atoms with van der Waals surface area (Å²) in [6.07, 6.45) is 1.75. The van der Waals surface area contributed by atoms with Crippen LogP contribution in [0, 0.1) is 0 Å². The largest absolute Gasteiger partial charge is 0.487 e. The molecule has 4 heteroatoms. The van der Waals surface area contributed by atoms with Crippen molar-refractivity contribution in [2.24, 2.45) is 5.73 Å². The average Bonchev–Trinajstić information content (AvgIpc) is 2.37. The second-order valence-electron chi connectivity index (χ2n) is 3.56. The summed E-state index contributed by atoms with van der Waals surface area (Å²) in [5.41, 5.74) is 7.54. The Morgan fingerprint density at radius 1 is 1.24 bits per heavy atom. The maximum atomic E-state index is 5.67. The Hall–Kier alpha value is -1.39. The van der Waals surface area contributed by atoms with E-state index in [0.29, 0.717) is 13.2 Å². The highest BCUT2D eigenvalue weighted by molar-refractivity contribution is 9.10. The molecule has 88 valence electrons. The lowest BCUT2D eigenvalue weighted by atomic mass is 10.2. The van der Waals surface area contributed by atoms with E-state index in [4.69, 9.17) is 10.5 Å². The van der Waals surface area contributed by atoms with Crippen molar-refractivity contribution in [2.75, 3.05) is 0 Å². The molecule has 0 saturated heterocycles. The minimum Gasteiger partial charge on any atom is -0.487 e. The maximum Gasteiger partial charge on any atom is 0.131 e. The van der Waals surface area contributed by atoms with Gasteiger partial charge in [0, 0.05) is 17.2 Å². The number of ether oxygens (including phenoxy) is 1. The third-order valence-electron chi connectivity index (χ3n) is 2.38. The summed E-state index contributed by atoms with van der Waals surface area (Å²) in [5, 5.41) is 0. The van der Waals surface area contributed by atoms with E-state index in [2.05, 4.69) is 20.9 Å². The first kappa shape index (κ1) is 12.1. The van der Waals surface area contributed by atoms with E-state index in [1.54, 1.807) is 6.20 Å². The highest BCUT2D eigenvalue weighted by Gasteiger charge is 2.02. The maximum absolute atomic E-state index is 5.67. The molecule has 1 aromatic heterocycles. The Balaban J connectivity index is 2.07. The molecular weight excluding hydrogens is 280 g/mol. The molecule has 17 heavy (non-hydrogen) atoms. The molecule has 0 spiro atoms. The van der Waals surface area contributed by atoms with Gasteiger partial charge in [-0.3, -0.25) is 4.98 Å². The van der Waals surface area contributed by atoms with Gasteiger partial charge < -0.3 is 10.5 Å². The molecule has 0 atom stereocenters. The minimum atomic E-state index is 0.434. The Morgan fingerprint density at radius 2 is 2.12 bits per heavy atom. The monoisotopic (exact) mass is 292 g/mol. The van der Waals surface area contributed by atoms with Gasteiger partial charge in [0.25, 0.3) is 0 Å². The molecule has 2 rings (SSSR count). The van der Waals surface area contributed by atoms with E-state index in [9.17, 15) is 0 Å². The van der Waals surface area contributed by atoms with Crippen molar-refractivity contribution in [2.45, 2.75) is 13.2 Å². The summed E-state index contributed by atoms with van der Waals surface area (Å²) < 4.78 is 6.66. The number of pyridine rings is 1. The molecule has 0 bridgehead atoms. The molecule has 0 saturated carbocycles. The second-order valence-corrected chi connectivity index (χ2v) is 4.48. The zero-order chi connectivity index (χ0) is 12.1. The third-order valence-corrected chi connectivity index (χ3v) is 2.87. The number of halogens is 1. The summed E-state index contributed by atoms with van der Waals surface area (Å²) in [7, 11) is 0. The van der Waals surface area contributed by atoms with Crippen molar-refractivity contribution in [1.29, 1.82) is 0 Å². The summed E-state index contributed by atoms with van der Waals surface area (Å²) >= 11 is 3.40. The van der Waals surface area contributed by atoms with Gasteiger partial charge in [-0.15, -0.1) is 0 Å². The van der Waals surface area contributed by atoms with Crippen molar-refractivity contribution in [1.82, 2.24) is 4.98 Å². The highest BCUT2D eigenvalue weighted by Crippen LogP contribution is 2.19. The first-order valence-electron chi connectivity index (χ1n) is 5.31. The molecule has 1 heterocycles. The molecule has 3 nitrogen and oxygen atoms in total. The summed E-state index contributed by atoms with van der Waals surface area (Å²) in [5.74, 6) is 0.813. The SMILES string of the molecule is NCc1cccnc1COc1cccc(Br)c1. The summed E-state index contributed by atoms with van der Waals surface area (Å²) in [4.78, 5) is 4.27. The van der Waals surface area contributed by atoms with Gasteiger partial charge in [0.15, 0.2) is 0 Å². The molecule has 0 radical (unpaired) electrons. The first-order valence-corrected chi connectivity index (χ1v) is 6.10. The fourth-order valence-corrected chi connectivity index (χ4v) is 1.87. The van der Waals surface area contributed by atoms with Crippen molar-refractivity contribution < 1.29 is 4.74 Å². The molecule has 0 amide bonds. The standard InChI is InChI=1S/C13H13BrN2O/c14-11-4-1-5-12(7-11)17-9-13-10(8-15)3-2-6-16-13/h1-7H,8-9,15H2. The van der Waals surface area contributed by atoms with Gasteiger partial charge in [-0.2, -0.15) is 0 Å². The summed E-state index contributed by atoms with van der Waals surface area (Å²) in [6, 6.07) is 11.6. The van der Waals surface area contributed by atoms with Crippen molar-refractivity contribution in [3.63, 3.8) is 0 Å². The van der Waals surface area contributed by atoms with Crippen LogP contribution in [-0.4, -0.2) is 4.98 Å². The van der Waals surface area contributed by atoms with Crippen LogP contribution < -0.4 is 10.5 Å². The second kappa shape index (κ2) is 5.80. The molecule has 0 unspecified atom stereocenters. The molecular formula is C13H13BrN2O. The quantitative estimate of drug-likeness (QED) is 0.943. The zero-order valence-corrected chi connectivity index (χ0v) is 10.9. The van der Waals surface area contributed by atoms with Crippen LogP contribution in [-0.2, 0) is 13.2 Å². The van der Waals surface area contributed by atoms with E-state index in [1.165, 1.54) is 0 Å². The van der Waals surface area contributed by atoms with Crippen LogP contribution in [0.3, 0.4) is 0 Å². The number of hydrogen-bond donors (Lipinski definition) is 1. The van der Waals surface area contributed by atoms with Gasteiger partial charge in [-0.25, -0.2) is 0 Å². The van der Waals surface area contributed by atoms with Gasteiger partial charge in [-0.1, -0.05) is 28.1 Å². The van der Waals surface area contributed by atoms with Gasteiger partial charge in [0.2, 0.25) is 0 Å². The molecule has 0 aliphatic rings. The number of nitrogens with two attached hydrogens (primary N) is 1. The van der Waals surface area contributed by atoms with Crippen LogP contribution in [0.5, 0.6) is 5.75 Å². The fourth-order valence-electron chi connectivity index (χ4n) is 1.50. The fraction of sp³-hybridized carbons (Fsp3) is 0.154. The van der Waals surface area contributed by atoms with E-state index >= 15 is 0 Å². The van der Waals surface area contributed by atoms with E-state index in [-0.39, 0.29) is 0 Å². The first-order chi connectivity index (χ1) is 8.29. The van der Waals surface area contributed by atoms with Crippen LogP contribution in [0.2, 0.25) is 0 Å². The molecule has 2 aromatic rings. The van der Waals surface area contributed by atoms with Crippen LogP contribution in [0.1, 0.15) is 11.3 Å². The Kier molecular flexibility index (Phi) is 4.12. The van der Waals surface area contributed by atoms with Gasteiger partial charge in [0.1, 0.15) is 12.4 Å². The third kappa shape index (κ3) is 3.28. The molecule has 2 N–H and O–H groups in total. The molecule has 0 aliphatic carbocycles. The number of benzene rings is 1. The van der Waals surface area contributed by atoms with Crippen molar-refractivity contribution in [3.8, 4) is 5.75 Å². The predicted octanol–water partition coefficient (Wildman–Crippen LogP) is 2.88. The molecule has 0 fully saturated rings. The Morgan fingerprint density at radius 3 is 2.88 bits per heavy atom. The number of hydrogen-bond acceptors (Lipinski definition) is 3. The topological polar surface area (TPSA) is 48.1 Å². The normalized spacial score (nSPS) is 10.2. The van der Waals surface area contributed by atoms with Crippen molar-refractivity contribution in [3.05, 3.63) is 58.3 Å². The summed E-state index contributed by atoms with van der Waals surface area (Å²) in [6.45, 7) is 0.912. The van der Waals surface area contributed by atoms with E-state index in [1.807, 2.05) is 36.4 Å². The lowest BCUT2D eigenvalue weighted by Gasteiger charge is -2.08. The van der Waals surface area contributed by atoms with Crippen molar-refractivity contribution >= 4 is 15.9 Å². The number of rotatable bonds is 4. The highest BCUT2D eigenvalue weighted by atomic mass is 79.9. The number of nitrogens with zero attached hydrogens (tertiary/aromatic N) is 1. The molecule has 1 aromatic carbocycles. The zero-order valence-electron chi connectivity index (χ0n) is 9.27. The van der Waals surface area contributed by atoms with Crippen LogP contribution in [0.15, 0.2) is 47.1 Å². The predicted molar refractivity (Wildman–Crippen MR) is 70.6 cm³/mol. The van der Waals surface area contributed by atoms with Gasteiger partial charge in [0.05, 0.1) is 5.69 Å².